The molecule has 1 aromatic carbocycles. The Labute approximate surface area is 118 Å². The van der Waals surface area contributed by atoms with Gasteiger partial charge in [0, 0.05) is 17.1 Å². The summed E-state index contributed by atoms with van der Waals surface area (Å²) in [6.07, 6.45) is 3.32. The highest BCUT2D eigenvalue weighted by Gasteiger charge is 2.32. The highest BCUT2D eigenvalue weighted by molar-refractivity contribution is 7.99. The van der Waals surface area contributed by atoms with Crippen LogP contribution in [-0.2, 0) is 4.74 Å². The fourth-order valence-electron chi connectivity index (χ4n) is 2.49. The maximum Gasteiger partial charge on any atom is 0.133 e. The molecule has 2 heterocycles. The number of hydrogen-bond acceptors (Lipinski definition) is 4. The number of benzene rings is 1. The van der Waals surface area contributed by atoms with Gasteiger partial charge in [0.1, 0.15) is 23.7 Å². The lowest BCUT2D eigenvalue weighted by Gasteiger charge is -2.32. The van der Waals surface area contributed by atoms with Crippen molar-refractivity contribution in [3.63, 3.8) is 0 Å². The summed E-state index contributed by atoms with van der Waals surface area (Å²) in [4.78, 5) is 1.23. The topological polar surface area (TPSA) is 30.5 Å². The van der Waals surface area contributed by atoms with Crippen LogP contribution in [-0.4, -0.2) is 31.1 Å². The van der Waals surface area contributed by atoms with E-state index in [1.165, 1.54) is 4.90 Å². The van der Waals surface area contributed by atoms with Crippen LogP contribution in [0.25, 0.3) is 0 Å². The average molecular weight is 277 g/mol. The van der Waals surface area contributed by atoms with E-state index in [1.807, 2.05) is 23.9 Å². The highest BCUT2D eigenvalue weighted by Crippen LogP contribution is 2.36. The number of hydrogen-bond donors (Lipinski definition) is 1. The number of likely N-dealkylation sites (N-methyl/N-ethyl adjacent to an activating group) is 1. The van der Waals surface area contributed by atoms with Crippen LogP contribution < -0.4 is 10.1 Å². The normalized spacial score (nSPS) is 23.0. The molecule has 1 aromatic rings. The van der Waals surface area contributed by atoms with Crippen LogP contribution in [0, 0.1) is 0 Å². The molecule has 0 saturated heterocycles. The van der Waals surface area contributed by atoms with Crippen LogP contribution in [0.5, 0.6) is 5.75 Å². The molecule has 2 aliphatic rings. The molecule has 0 saturated carbocycles. The van der Waals surface area contributed by atoms with Gasteiger partial charge in [0.05, 0.1) is 6.61 Å². The Kier molecular flexibility index (Phi) is 3.99. The summed E-state index contributed by atoms with van der Waals surface area (Å²) in [6, 6.07) is 8.40. The summed E-state index contributed by atoms with van der Waals surface area (Å²) in [6.45, 7) is 3.83. The SMILES string of the molecule is CCNC(C1=CCCO1)C1CSc2ccccc2O1. The minimum atomic E-state index is 0.129. The molecule has 2 unspecified atom stereocenters. The standard InChI is InChI=1S/C15H19NO2S/c1-2-16-15(12-7-5-9-17-12)13-10-19-14-8-4-3-6-11(14)18-13/h3-4,6-8,13,15-16H,2,5,9-10H2,1H3. The lowest BCUT2D eigenvalue weighted by Crippen LogP contribution is -2.47. The molecule has 0 radical (unpaired) electrons. The van der Waals surface area contributed by atoms with Gasteiger partial charge in [-0.2, -0.15) is 0 Å². The quantitative estimate of drug-likeness (QED) is 0.917. The van der Waals surface area contributed by atoms with Crippen LogP contribution in [0.15, 0.2) is 41.0 Å². The molecule has 0 aromatic heterocycles. The number of fused-ring (bicyclic) bond motifs is 1. The van der Waals surface area contributed by atoms with E-state index >= 15 is 0 Å². The predicted octanol–water partition coefficient (Wildman–Crippen LogP) is 2.82. The van der Waals surface area contributed by atoms with E-state index in [1.54, 1.807) is 0 Å². The number of rotatable bonds is 4. The van der Waals surface area contributed by atoms with E-state index in [4.69, 9.17) is 9.47 Å². The summed E-state index contributed by atoms with van der Waals surface area (Å²) >= 11 is 1.86. The molecule has 0 bridgehead atoms. The van der Waals surface area contributed by atoms with E-state index in [9.17, 15) is 0 Å². The van der Waals surface area contributed by atoms with E-state index in [0.29, 0.717) is 0 Å². The number of para-hydroxylation sites is 1. The summed E-state index contributed by atoms with van der Waals surface area (Å²) in [5.74, 6) is 2.99. The number of nitrogens with one attached hydrogen (secondary N) is 1. The molecule has 2 atom stereocenters. The fraction of sp³-hybridized carbons (Fsp3) is 0.467. The monoisotopic (exact) mass is 277 g/mol. The predicted molar refractivity (Wildman–Crippen MR) is 77.7 cm³/mol. The van der Waals surface area contributed by atoms with Gasteiger partial charge in [-0.15, -0.1) is 11.8 Å². The Hall–Kier alpha value is -1.13. The van der Waals surface area contributed by atoms with Gasteiger partial charge in [-0.05, 0) is 24.8 Å². The van der Waals surface area contributed by atoms with Crippen LogP contribution in [0.2, 0.25) is 0 Å². The Morgan fingerprint density at radius 3 is 3.11 bits per heavy atom. The van der Waals surface area contributed by atoms with Gasteiger partial charge < -0.3 is 14.8 Å². The molecule has 3 rings (SSSR count). The molecule has 1 N–H and O–H groups in total. The molecular formula is C15H19NO2S. The molecule has 19 heavy (non-hydrogen) atoms. The van der Waals surface area contributed by atoms with Gasteiger partial charge in [-0.3, -0.25) is 0 Å². The molecule has 0 aliphatic carbocycles. The third-order valence-electron chi connectivity index (χ3n) is 3.37. The van der Waals surface area contributed by atoms with Gasteiger partial charge in [0.25, 0.3) is 0 Å². The zero-order chi connectivity index (χ0) is 13.1. The Bertz CT molecular complexity index is 475. The first kappa shape index (κ1) is 12.9. The molecule has 102 valence electrons. The van der Waals surface area contributed by atoms with E-state index in [-0.39, 0.29) is 12.1 Å². The van der Waals surface area contributed by atoms with Crippen molar-refractivity contribution in [2.24, 2.45) is 0 Å². The lowest BCUT2D eigenvalue weighted by atomic mass is 10.1. The molecule has 0 spiro atoms. The van der Waals surface area contributed by atoms with Crippen molar-refractivity contribution >= 4 is 11.8 Å². The van der Waals surface area contributed by atoms with E-state index in [0.717, 1.165) is 36.8 Å². The minimum absolute atomic E-state index is 0.129. The third kappa shape index (κ3) is 2.74. The zero-order valence-electron chi connectivity index (χ0n) is 11.1. The van der Waals surface area contributed by atoms with Crippen molar-refractivity contribution in [3.8, 4) is 5.75 Å². The second-order valence-corrected chi connectivity index (χ2v) is 5.75. The van der Waals surface area contributed by atoms with Gasteiger partial charge in [-0.25, -0.2) is 0 Å². The summed E-state index contributed by atoms with van der Waals surface area (Å²) in [5, 5.41) is 3.49. The zero-order valence-corrected chi connectivity index (χ0v) is 11.9. The second kappa shape index (κ2) is 5.88. The smallest absolute Gasteiger partial charge is 0.133 e. The fourth-order valence-corrected chi connectivity index (χ4v) is 3.53. The van der Waals surface area contributed by atoms with Crippen molar-refractivity contribution in [3.05, 3.63) is 36.1 Å². The second-order valence-electron chi connectivity index (χ2n) is 4.69. The van der Waals surface area contributed by atoms with Crippen LogP contribution in [0.1, 0.15) is 13.3 Å². The van der Waals surface area contributed by atoms with Crippen LogP contribution in [0.4, 0.5) is 0 Å². The third-order valence-corrected chi connectivity index (χ3v) is 4.51. The Balaban J connectivity index is 1.77. The lowest BCUT2D eigenvalue weighted by molar-refractivity contribution is 0.133. The van der Waals surface area contributed by atoms with Gasteiger partial charge in [-0.1, -0.05) is 19.1 Å². The Morgan fingerprint density at radius 1 is 1.42 bits per heavy atom. The van der Waals surface area contributed by atoms with Crippen molar-refractivity contribution in [1.29, 1.82) is 0 Å². The molecule has 4 heteroatoms. The first-order valence-corrected chi connectivity index (χ1v) is 7.81. The average Bonchev–Trinajstić information content (AvgIpc) is 2.98. The van der Waals surface area contributed by atoms with Crippen LogP contribution >= 0.6 is 11.8 Å². The number of ether oxygens (including phenoxy) is 2. The maximum absolute atomic E-state index is 6.15. The molecule has 2 aliphatic heterocycles. The Morgan fingerprint density at radius 2 is 2.32 bits per heavy atom. The van der Waals surface area contributed by atoms with Crippen molar-refractivity contribution in [2.75, 3.05) is 18.9 Å². The van der Waals surface area contributed by atoms with Crippen LogP contribution in [0.3, 0.4) is 0 Å². The summed E-state index contributed by atoms with van der Waals surface area (Å²) in [7, 11) is 0. The molecule has 0 fully saturated rings. The van der Waals surface area contributed by atoms with Gasteiger partial charge in [0.15, 0.2) is 0 Å². The molecular weight excluding hydrogens is 258 g/mol. The molecule has 3 nitrogen and oxygen atoms in total. The van der Waals surface area contributed by atoms with E-state index in [2.05, 4.69) is 30.4 Å². The largest absolute Gasteiger partial charge is 0.496 e. The van der Waals surface area contributed by atoms with Crippen molar-refractivity contribution < 1.29 is 9.47 Å². The molecule has 0 amide bonds. The highest BCUT2D eigenvalue weighted by atomic mass is 32.2. The maximum atomic E-state index is 6.15. The van der Waals surface area contributed by atoms with E-state index < -0.39 is 0 Å². The van der Waals surface area contributed by atoms with Gasteiger partial charge >= 0.3 is 0 Å². The van der Waals surface area contributed by atoms with Crippen molar-refractivity contribution in [2.45, 2.75) is 30.4 Å². The van der Waals surface area contributed by atoms with Crippen molar-refractivity contribution in [1.82, 2.24) is 5.32 Å². The summed E-state index contributed by atoms with van der Waals surface area (Å²) < 4.78 is 11.9. The van der Waals surface area contributed by atoms with Gasteiger partial charge in [0.2, 0.25) is 0 Å². The first-order valence-electron chi connectivity index (χ1n) is 6.83. The summed E-state index contributed by atoms with van der Waals surface area (Å²) in [5.41, 5.74) is 0. The first-order chi connectivity index (χ1) is 9.38. The number of thioether (sulfide) groups is 1. The minimum Gasteiger partial charge on any atom is -0.496 e.